The zero-order valence-corrected chi connectivity index (χ0v) is 17.5. The Hall–Kier alpha value is -2.88. The van der Waals surface area contributed by atoms with Crippen LogP contribution in [0, 0.1) is 6.92 Å². The highest BCUT2D eigenvalue weighted by molar-refractivity contribution is 5.78. The van der Waals surface area contributed by atoms with E-state index in [0.29, 0.717) is 12.3 Å². The Morgan fingerprint density at radius 2 is 1.87 bits per heavy atom. The summed E-state index contributed by atoms with van der Waals surface area (Å²) in [5.74, 6) is 0.350. The zero-order valence-electron chi connectivity index (χ0n) is 17.5. The van der Waals surface area contributed by atoms with Gasteiger partial charge in [0, 0.05) is 6.20 Å². The first kappa shape index (κ1) is 20.0. The van der Waals surface area contributed by atoms with Crippen molar-refractivity contribution in [1.29, 1.82) is 0 Å². The van der Waals surface area contributed by atoms with Crippen molar-refractivity contribution in [2.24, 2.45) is 0 Å². The van der Waals surface area contributed by atoms with Gasteiger partial charge in [-0.2, -0.15) is 13.2 Å². The molecule has 1 aromatic heterocycles. The van der Waals surface area contributed by atoms with Crippen molar-refractivity contribution in [2.45, 2.75) is 51.1 Å². The van der Waals surface area contributed by atoms with Crippen LogP contribution in [-0.4, -0.2) is 4.98 Å². The lowest BCUT2D eigenvalue weighted by Crippen LogP contribution is -2.16. The van der Waals surface area contributed by atoms with Crippen LogP contribution in [-0.2, 0) is 25.4 Å². The molecule has 0 fully saturated rings. The van der Waals surface area contributed by atoms with Crippen LogP contribution in [0.2, 0.25) is 0 Å². The van der Waals surface area contributed by atoms with Gasteiger partial charge in [-0.05, 0) is 90.0 Å². The fourth-order valence-electron chi connectivity index (χ4n) is 5.04. The normalized spacial score (nSPS) is 17.1. The van der Waals surface area contributed by atoms with Crippen molar-refractivity contribution < 1.29 is 13.2 Å². The van der Waals surface area contributed by atoms with Gasteiger partial charge in [-0.3, -0.25) is 4.98 Å². The lowest BCUT2D eigenvalue weighted by atomic mass is 9.73. The lowest BCUT2D eigenvalue weighted by molar-refractivity contribution is -0.141. The van der Waals surface area contributed by atoms with Gasteiger partial charge in [0.2, 0.25) is 0 Å². The van der Waals surface area contributed by atoms with Gasteiger partial charge in [-0.1, -0.05) is 54.1 Å². The predicted molar refractivity (Wildman–Crippen MR) is 118 cm³/mol. The monoisotopic (exact) mass is 419 g/mol. The maximum Gasteiger partial charge on any atom is 0.433 e. The maximum atomic E-state index is 12.8. The van der Waals surface area contributed by atoms with E-state index in [2.05, 4.69) is 54.4 Å². The predicted octanol–water partition coefficient (Wildman–Crippen LogP) is 7.31. The summed E-state index contributed by atoms with van der Waals surface area (Å²) in [5, 5.41) is 0. The third-order valence-corrected chi connectivity index (χ3v) is 6.61. The van der Waals surface area contributed by atoms with Crippen LogP contribution < -0.4 is 0 Å². The smallest absolute Gasteiger partial charge is 0.252 e. The molecule has 1 atom stereocenters. The van der Waals surface area contributed by atoms with Gasteiger partial charge in [0.1, 0.15) is 5.69 Å². The molecule has 31 heavy (non-hydrogen) atoms. The van der Waals surface area contributed by atoms with Gasteiger partial charge in [0.05, 0.1) is 0 Å². The molecule has 0 saturated heterocycles. The van der Waals surface area contributed by atoms with Crippen LogP contribution in [0.15, 0.2) is 54.7 Å². The average molecular weight is 419 g/mol. The van der Waals surface area contributed by atoms with Crippen LogP contribution in [0.4, 0.5) is 13.2 Å². The van der Waals surface area contributed by atoms with Gasteiger partial charge >= 0.3 is 6.18 Å². The summed E-state index contributed by atoms with van der Waals surface area (Å²) >= 11 is 0. The first-order chi connectivity index (χ1) is 14.9. The van der Waals surface area contributed by atoms with E-state index in [1.54, 1.807) is 6.07 Å². The van der Waals surface area contributed by atoms with Crippen molar-refractivity contribution in [2.75, 3.05) is 0 Å². The molecule has 0 N–H and O–H groups in total. The Bertz CT molecular complexity index is 1160. The molecule has 0 amide bonds. The van der Waals surface area contributed by atoms with Crippen molar-refractivity contribution >= 4 is 6.08 Å². The second-order valence-corrected chi connectivity index (χ2v) is 8.68. The average Bonchev–Trinajstić information content (AvgIpc) is 2.77. The van der Waals surface area contributed by atoms with Gasteiger partial charge in [-0.15, -0.1) is 0 Å². The molecule has 2 aliphatic rings. The Kier molecular flexibility index (Phi) is 4.96. The number of allylic oxidation sites excluding steroid dienone is 1. The second kappa shape index (κ2) is 7.67. The van der Waals surface area contributed by atoms with E-state index in [0.717, 1.165) is 37.3 Å². The molecule has 0 saturated carbocycles. The van der Waals surface area contributed by atoms with Crippen LogP contribution >= 0.6 is 0 Å². The van der Waals surface area contributed by atoms with E-state index < -0.39 is 11.9 Å². The number of alkyl halides is 3. The highest BCUT2D eigenvalue weighted by atomic mass is 19.4. The quantitative estimate of drug-likeness (QED) is 0.434. The summed E-state index contributed by atoms with van der Waals surface area (Å²) in [5.41, 5.74) is 9.53. The zero-order chi connectivity index (χ0) is 21.6. The number of benzene rings is 2. The SMILES string of the molecule is Cc1ccc2c(c1)-c1ccc3c(c1CC2CCc1ccc(C(F)(F)F)nc1)CCC=C3. The minimum atomic E-state index is -4.39. The molecule has 1 heterocycles. The molecule has 3 aromatic rings. The molecule has 4 heteroatoms. The summed E-state index contributed by atoms with van der Waals surface area (Å²) < 4.78 is 38.4. The van der Waals surface area contributed by atoms with E-state index in [-0.39, 0.29) is 0 Å². The van der Waals surface area contributed by atoms with Crippen molar-refractivity contribution in [1.82, 2.24) is 4.98 Å². The molecule has 5 rings (SSSR count). The number of nitrogens with zero attached hydrogens (tertiary/aromatic N) is 1. The molecule has 1 nitrogen and oxygen atoms in total. The largest absolute Gasteiger partial charge is 0.433 e. The number of rotatable bonds is 3. The van der Waals surface area contributed by atoms with Crippen molar-refractivity contribution in [3.05, 3.63) is 93.8 Å². The molecule has 0 bridgehead atoms. The van der Waals surface area contributed by atoms with Crippen LogP contribution in [0.3, 0.4) is 0 Å². The number of hydrogen-bond donors (Lipinski definition) is 0. The van der Waals surface area contributed by atoms with E-state index in [4.69, 9.17) is 0 Å². The van der Waals surface area contributed by atoms with Gasteiger partial charge in [0.15, 0.2) is 0 Å². The first-order valence-corrected chi connectivity index (χ1v) is 10.8. The van der Waals surface area contributed by atoms with E-state index in [1.165, 1.54) is 45.1 Å². The van der Waals surface area contributed by atoms with Crippen LogP contribution in [0.5, 0.6) is 0 Å². The van der Waals surface area contributed by atoms with Crippen LogP contribution in [0.1, 0.15) is 57.8 Å². The van der Waals surface area contributed by atoms with E-state index in [9.17, 15) is 13.2 Å². The molecule has 2 aliphatic carbocycles. The number of pyridine rings is 1. The fraction of sp³-hybridized carbons (Fsp3) is 0.296. The van der Waals surface area contributed by atoms with Crippen molar-refractivity contribution in [3.63, 3.8) is 0 Å². The highest BCUT2D eigenvalue weighted by Gasteiger charge is 2.32. The highest BCUT2D eigenvalue weighted by Crippen LogP contribution is 2.45. The molecule has 0 aliphatic heterocycles. The lowest BCUT2D eigenvalue weighted by Gasteiger charge is -2.31. The summed E-state index contributed by atoms with van der Waals surface area (Å²) in [4.78, 5) is 3.63. The van der Waals surface area contributed by atoms with E-state index >= 15 is 0 Å². The molecular weight excluding hydrogens is 395 g/mol. The number of hydrogen-bond acceptors (Lipinski definition) is 1. The van der Waals surface area contributed by atoms with E-state index in [1.807, 2.05) is 0 Å². The summed E-state index contributed by atoms with van der Waals surface area (Å²) in [6.07, 6.45) is 6.19. The Morgan fingerprint density at radius 3 is 2.65 bits per heavy atom. The number of fused-ring (bicyclic) bond motifs is 5. The first-order valence-electron chi connectivity index (χ1n) is 10.8. The summed E-state index contributed by atoms with van der Waals surface area (Å²) in [7, 11) is 0. The topological polar surface area (TPSA) is 12.9 Å². The van der Waals surface area contributed by atoms with Gasteiger partial charge in [-0.25, -0.2) is 0 Å². The molecule has 1 unspecified atom stereocenters. The molecule has 0 radical (unpaired) electrons. The molecule has 0 spiro atoms. The van der Waals surface area contributed by atoms with Gasteiger partial charge < -0.3 is 0 Å². The van der Waals surface area contributed by atoms with Gasteiger partial charge in [0.25, 0.3) is 0 Å². The second-order valence-electron chi connectivity index (χ2n) is 8.68. The maximum absolute atomic E-state index is 12.8. The number of aryl methyl sites for hydroxylation is 2. The standard InChI is InChI=1S/C27H24F3N/c1-17-6-11-22-20(9-7-18-8-13-26(31-16-18)27(28,29)30)15-25-21-5-3-2-4-19(21)10-12-23(25)24(22)14-17/h2,4,6,8,10-14,16,20H,3,5,7,9,15H2,1H3. The Labute approximate surface area is 180 Å². The molecular formula is C27H24F3N. The fourth-order valence-corrected chi connectivity index (χ4v) is 5.04. The minimum Gasteiger partial charge on any atom is -0.252 e. The summed E-state index contributed by atoms with van der Waals surface area (Å²) in [6.45, 7) is 2.12. The molecule has 2 aromatic carbocycles. The number of aromatic nitrogens is 1. The molecule has 158 valence electrons. The van der Waals surface area contributed by atoms with Crippen LogP contribution in [0.25, 0.3) is 17.2 Å². The minimum absolute atomic E-state index is 0.350. The number of halogens is 3. The third kappa shape index (κ3) is 3.80. The summed E-state index contributed by atoms with van der Waals surface area (Å²) in [6, 6.07) is 13.8. The van der Waals surface area contributed by atoms with Crippen molar-refractivity contribution in [3.8, 4) is 11.1 Å². The Balaban J connectivity index is 1.46. The Morgan fingerprint density at radius 1 is 1.00 bits per heavy atom. The third-order valence-electron chi connectivity index (χ3n) is 6.61.